The zero-order valence-corrected chi connectivity index (χ0v) is 18.4. The van der Waals surface area contributed by atoms with Crippen molar-refractivity contribution in [2.24, 2.45) is 0 Å². The number of thioether (sulfide) groups is 1. The van der Waals surface area contributed by atoms with Crippen molar-refractivity contribution in [2.75, 3.05) is 12.3 Å². The monoisotopic (exact) mass is 430 g/mol. The second-order valence-electron chi connectivity index (χ2n) is 7.72. The lowest BCUT2D eigenvalue weighted by Crippen LogP contribution is -2.30. The van der Waals surface area contributed by atoms with Crippen LogP contribution in [0.25, 0.3) is 0 Å². The Bertz CT molecular complexity index is 1050. The highest BCUT2D eigenvalue weighted by Gasteiger charge is 2.32. The lowest BCUT2D eigenvalue weighted by Gasteiger charge is -2.24. The zero-order valence-electron chi connectivity index (χ0n) is 17.6. The van der Waals surface area contributed by atoms with Gasteiger partial charge in [-0.3, -0.25) is 9.59 Å². The number of hydrogen-bond donors (Lipinski definition) is 1. The number of amides is 2. The van der Waals surface area contributed by atoms with Gasteiger partial charge in [-0.2, -0.15) is 0 Å². The highest BCUT2D eigenvalue weighted by atomic mass is 32.2. The Kier molecular flexibility index (Phi) is 6.73. The Morgan fingerprint density at radius 3 is 2.45 bits per heavy atom. The molecule has 4 rings (SSSR count). The second-order valence-corrected chi connectivity index (χ2v) is 8.79. The number of carbonyl (C=O) groups is 2. The highest BCUT2D eigenvalue weighted by Crippen LogP contribution is 2.38. The summed E-state index contributed by atoms with van der Waals surface area (Å²) in [7, 11) is 0. The van der Waals surface area contributed by atoms with Crippen molar-refractivity contribution in [3.8, 4) is 0 Å². The summed E-state index contributed by atoms with van der Waals surface area (Å²) in [5.74, 6) is 0.579. The van der Waals surface area contributed by atoms with Crippen LogP contribution < -0.4 is 5.32 Å². The van der Waals surface area contributed by atoms with Crippen LogP contribution in [0.4, 0.5) is 0 Å². The molecule has 0 aliphatic carbocycles. The van der Waals surface area contributed by atoms with E-state index in [1.165, 1.54) is 5.56 Å². The minimum atomic E-state index is -0.0918. The average Bonchev–Trinajstić information content (AvgIpc) is 3.18. The predicted molar refractivity (Wildman–Crippen MR) is 126 cm³/mol. The molecular formula is C26H26N2O2S. The normalized spacial score (nSPS) is 15.8. The summed E-state index contributed by atoms with van der Waals surface area (Å²) in [6.07, 6.45) is 0.836. The van der Waals surface area contributed by atoms with Crippen LogP contribution >= 0.6 is 11.8 Å². The van der Waals surface area contributed by atoms with Crippen LogP contribution in [0.15, 0.2) is 78.9 Å². The average molecular weight is 431 g/mol. The number of hydrogen-bond acceptors (Lipinski definition) is 3. The van der Waals surface area contributed by atoms with E-state index in [0.717, 1.165) is 23.1 Å². The molecule has 0 unspecified atom stereocenters. The number of rotatable bonds is 7. The summed E-state index contributed by atoms with van der Waals surface area (Å²) in [4.78, 5) is 26.9. The van der Waals surface area contributed by atoms with E-state index in [0.29, 0.717) is 24.4 Å². The minimum absolute atomic E-state index is 0.000270. The number of nitrogens with zero attached hydrogens (tertiary/aromatic N) is 1. The van der Waals surface area contributed by atoms with E-state index in [-0.39, 0.29) is 17.2 Å². The van der Waals surface area contributed by atoms with E-state index in [1.807, 2.05) is 78.6 Å². The van der Waals surface area contributed by atoms with Gasteiger partial charge in [-0.15, -0.1) is 11.8 Å². The van der Waals surface area contributed by atoms with Gasteiger partial charge in [0.2, 0.25) is 5.91 Å². The third-order valence-corrected chi connectivity index (χ3v) is 6.87. The fourth-order valence-corrected chi connectivity index (χ4v) is 4.97. The molecule has 1 fully saturated rings. The first kappa shape index (κ1) is 21.2. The SMILES string of the molecule is Cc1ccccc1CNC(=O)c1ccc([C@H]2SCC(=O)N2CCc2ccccc2)cc1. The van der Waals surface area contributed by atoms with E-state index in [1.54, 1.807) is 11.8 Å². The smallest absolute Gasteiger partial charge is 0.251 e. The van der Waals surface area contributed by atoms with Gasteiger partial charge in [0.1, 0.15) is 5.37 Å². The maximum Gasteiger partial charge on any atom is 0.251 e. The van der Waals surface area contributed by atoms with Crippen molar-refractivity contribution in [2.45, 2.75) is 25.3 Å². The molecule has 1 aliphatic heterocycles. The van der Waals surface area contributed by atoms with Gasteiger partial charge in [-0.1, -0.05) is 66.7 Å². The van der Waals surface area contributed by atoms with Gasteiger partial charge in [0.25, 0.3) is 5.91 Å². The fraction of sp³-hybridized carbons (Fsp3) is 0.231. The Labute approximate surface area is 187 Å². The van der Waals surface area contributed by atoms with Crippen LogP contribution in [-0.2, 0) is 17.8 Å². The van der Waals surface area contributed by atoms with E-state index >= 15 is 0 Å². The maximum atomic E-state index is 12.6. The summed E-state index contributed by atoms with van der Waals surface area (Å²) in [6.45, 7) is 3.24. The molecule has 0 aromatic heterocycles. The molecule has 0 bridgehead atoms. The van der Waals surface area contributed by atoms with Crippen LogP contribution in [-0.4, -0.2) is 29.0 Å². The van der Waals surface area contributed by atoms with Crippen LogP contribution in [0, 0.1) is 6.92 Å². The minimum Gasteiger partial charge on any atom is -0.348 e. The third kappa shape index (κ3) is 5.17. The Hall–Kier alpha value is -3.05. The molecule has 1 atom stereocenters. The van der Waals surface area contributed by atoms with Crippen molar-refractivity contribution >= 4 is 23.6 Å². The van der Waals surface area contributed by atoms with Crippen molar-refractivity contribution in [1.29, 1.82) is 0 Å². The topological polar surface area (TPSA) is 49.4 Å². The summed E-state index contributed by atoms with van der Waals surface area (Å²) in [5, 5.41) is 2.99. The zero-order chi connectivity index (χ0) is 21.6. The molecule has 1 heterocycles. The second kappa shape index (κ2) is 9.84. The molecule has 2 amide bonds. The molecule has 3 aromatic rings. The molecule has 31 heavy (non-hydrogen) atoms. The number of aryl methyl sites for hydroxylation is 1. The molecule has 158 valence electrons. The lowest BCUT2D eigenvalue weighted by molar-refractivity contribution is -0.128. The van der Waals surface area contributed by atoms with E-state index in [9.17, 15) is 9.59 Å². The first-order valence-corrected chi connectivity index (χ1v) is 11.5. The molecular weight excluding hydrogens is 404 g/mol. The van der Waals surface area contributed by atoms with Crippen LogP contribution in [0.5, 0.6) is 0 Å². The highest BCUT2D eigenvalue weighted by molar-refractivity contribution is 8.00. The third-order valence-electron chi connectivity index (χ3n) is 5.61. The fourth-order valence-electron chi connectivity index (χ4n) is 3.75. The summed E-state index contributed by atoms with van der Waals surface area (Å²) < 4.78 is 0. The molecule has 3 aromatic carbocycles. The molecule has 0 saturated carbocycles. The van der Waals surface area contributed by atoms with Gasteiger partial charge in [0, 0.05) is 18.7 Å². The lowest BCUT2D eigenvalue weighted by atomic mass is 10.1. The van der Waals surface area contributed by atoms with Crippen LogP contribution in [0.1, 0.15) is 38.0 Å². The Balaban J connectivity index is 1.38. The van der Waals surface area contributed by atoms with Crippen LogP contribution in [0.3, 0.4) is 0 Å². The Morgan fingerprint density at radius 1 is 1.00 bits per heavy atom. The predicted octanol–water partition coefficient (Wildman–Crippen LogP) is 4.74. The quantitative estimate of drug-likeness (QED) is 0.589. The number of benzene rings is 3. The van der Waals surface area contributed by atoms with Gasteiger partial charge in [0.15, 0.2) is 0 Å². The number of nitrogens with one attached hydrogen (secondary N) is 1. The standard InChI is InChI=1S/C26H26N2O2S/c1-19-7-5-6-10-23(19)17-27-25(30)21-11-13-22(14-12-21)26-28(24(29)18-31-26)16-15-20-8-3-2-4-9-20/h2-14,26H,15-18H2,1H3,(H,27,30)/t26-/m1/s1. The first-order chi connectivity index (χ1) is 15.1. The van der Waals surface area contributed by atoms with E-state index < -0.39 is 0 Å². The van der Waals surface area contributed by atoms with Gasteiger partial charge in [-0.25, -0.2) is 0 Å². The first-order valence-electron chi connectivity index (χ1n) is 10.5. The Morgan fingerprint density at radius 2 is 1.71 bits per heavy atom. The molecule has 1 aliphatic rings. The summed E-state index contributed by atoms with van der Waals surface area (Å²) in [6, 6.07) is 25.9. The van der Waals surface area contributed by atoms with Crippen molar-refractivity contribution in [3.63, 3.8) is 0 Å². The number of carbonyl (C=O) groups excluding carboxylic acids is 2. The summed E-state index contributed by atoms with van der Waals surface area (Å²) >= 11 is 1.65. The van der Waals surface area contributed by atoms with Gasteiger partial charge >= 0.3 is 0 Å². The van der Waals surface area contributed by atoms with Gasteiger partial charge < -0.3 is 10.2 Å². The maximum absolute atomic E-state index is 12.6. The van der Waals surface area contributed by atoms with Crippen molar-refractivity contribution in [1.82, 2.24) is 10.2 Å². The van der Waals surface area contributed by atoms with Gasteiger partial charge in [-0.05, 0) is 47.7 Å². The molecule has 5 heteroatoms. The van der Waals surface area contributed by atoms with E-state index in [4.69, 9.17) is 0 Å². The molecule has 4 nitrogen and oxygen atoms in total. The molecule has 1 N–H and O–H groups in total. The van der Waals surface area contributed by atoms with Crippen molar-refractivity contribution < 1.29 is 9.59 Å². The van der Waals surface area contributed by atoms with Gasteiger partial charge in [0.05, 0.1) is 5.75 Å². The molecule has 0 spiro atoms. The van der Waals surface area contributed by atoms with Crippen LogP contribution in [0.2, 0.25) is 0 Å². The molecule has 1 saturated heterocycles. The van der Waals surface area contributed by atoms with Crippen molar-refractivity contribution in [3.05, 3.63) is 107 Å². The largest absolute Gasteiger partial charge is 0.348 e. The van der Waals surface area contributed by atoms with E-state index in [2.05, 4.69) is 17.4 Å². The summed E-state index contributed by atoms with van der Waals surface area (Å²) in [5.41, 5.74) is 5.19. The molecule has 0 radical (unpaired) electrons.